The molecule has 0 fully saturated rings. The van der Waals surface area contributed by atoms with Crippen molar-refractivity contribution in [1.29, 1.82) is 0 Å². The van der Waals surface area contributed by atoms with E-state index in [9.17, 15) is 14.3 Å². The van der Waals surface area contributed by atoms with Crippen LogP contribution >= 0.6 is 15.9 Å². The number of rotatable bonds is 4. The van der Waals surface area contributed by atoms with Gasteiger partial charge in [0.25, 0.3) is 0 Å². The quantitative estimate of drug-likeness (QED) is 0.602. The van der Waals surface area contributed by atoms with Crippen LogP contribution in [0.15, 0.2) is 71.2 Å². The number of phenolic OH excluding ortho intramolecular Hbond substituents is 1. The Kier molecular flexibility index (Phi) is 5.14. The lowest BCUT2D eigenvalue weighted by Gasteiger charge is -2.07. The van der Waals surface area contributed by atoms with Crippen LogP contribution in [0.2, 0.25) is 0 Å². The van der Waals surface area contributed by atoms with Crippen molar-refractivity contribution in [2.24, 2.45) is 0 Å². The molecule has 25 heavy (non-hydrogen) atoms. The van der Waals surface area contributed by atoms with E-state index in [-0.39, 0.29) is 12.4 Å². The zero-order valence-corrected chi connectivity index (χ0v) is 14.7. The maximum atomic E-state index is 13.7. The van der Waals surface area contributed by atoms with Crippen LogP contribution < -0.4 is 0 Å². The number of carbonyl (C=O) groups excluding carboxylic acids is 1. The van der Waals surface area contributed by atoms with E-state index >= 15 is 0 Å². The minimum Gasteiger partial charge on any atom is -0.508 e. The van der Waals surface area contributed by atoms with Gasteiger partial charge in [0.2, 0.25) is 0 Å². The summed E-state index contributed by atoms with van der Waals surface area (Å²) >= 11 is 3.18. The number of esters is 1. The third kappa shape index (κ3) is 4.25. The molecule has 0 aliphatic heterocycles. The van der Waals surface area contributed by atoms with Gasteiger partial charge < -0.3 is 9.84 Å². The summed E-state index contributed by atoms with van der Waals surface area (Å²) < 4.78 is 19.5. The molecule has 0 heterocycles. The molecule has 0 saturated heterocycles. The van der Waals surface area contributed by atoms with Crippen molar-refractivity contribution < 1.29 is 19.0 Å². The summed E-state index contributed by atoms with van der Waals surface area (Å²) in [6, 6.07) is 18.3. The van der Waals surface area contributed by atoms with Gasteiger partial charge in [-0.25, -0.2) is 9.18 Å². The number of aromatic hydroxyl groups is 1. The first-order valence-electron chi connectivity index (χ1n) is 7.53. The second-order valence-electron chi connectivity index (χ2n) is 5.44. The fourth-order valence-corrected chi connectivity index (χ4v) is 2.65. The minimum atomic E-state index is -0.514. The average molecular weight is 401 g/mol. The van der Waals surface area contributed by atoms with E-state index in [1.807, 2.05) is 0 Å². The molecule has 0 aliphatic rings. The Morgan fingerprint density at radius 2 is 1.56 bits per heavy atom. The molecule has 0 aliphatic carbocycles. The third-order valence-electron chi connectivity index (χ3n) is 3.70. The molecule has 3 aromatic carbocycles. The highest BCUT2D eigenvalue weighted by atomic mass is 79.9. The van der Waals surface area contributed by atoms with Crippen molar-refractivity contribution in [2.75, 3.05) is 0 Å². The number of carbonyl (C=O) groups is 1. The van der Waals surface area contributed by atoms with Crippen LogP contribution in [0, 0.1) is 5.82 Å². The van der Waals surface area contributed by atoms with E-state index in [4.69, 9.17) is 4.74 Å². The summed E-state index contributed by atoms with van der Waals surface area (Å²) in [6.07, 6.45) is 0. The highest BCUT2D eigenvalue weighted by Crippen LogP contribution is 2.22. The van der Waals surface area contributed by atoms with Crippen LogP contribution in [0.3, 0.4) is 0 Å². The molecule has 0 unspecified atom stereocenters. The molecule has 0 spiro atoms. The fourth-order valence-electron chi connectivity index (χ4n) is 2.32. The topological polar surface area (TPSA) is 46.5 Å². The molecule has 0 bridgehead atoms. The summed E-state index contributed by atoms with van der Waals surface area (Å²) in [5.41, 5.74) is 2.54. The van der Waals surface area contributed by atoms with E-state index in [0.29, 0.717) is 15.6 Å². The van der Waals surface area contributed by atoms with Gasteiger partial charge in [-0.05, 0) is 47.5 Å². The molecule has 0 saturated carbocycles. The first kappa shape index (κ1) is 17.2. The van der Waals surface area contributed by atoms with Crippen LogP contribution in [0.4, 0.5) is 4.39 Å². The molecule has 0 amide bonds. The van der Waals surface area contributed by atoms with Gasteiger partial charge >= 0.3 is 5.97 Å². The van der Waals surface area contributed by atoms with Crippen LogP contribution in [0.25, 0.3) is 11.1 Å². The standard InChI is InChI=1S/C20H14BrFO3/c21-17-8-5-16(19(22)11-17)12-25-20(24)15-3-1-13(2-4-15)14-6-9-18(23)10-7-14/h1-11,23H,12H2. The van der Waals surface area contributed by atoms with Crippen molar-refractivity contribution in [2.45, 2.75) is 6.61 Å². The summed E-state index contributed by atoms with van der Waals surface area (Å²) in [4.78, 5) is 12.1. The number of hydrogen-bond donors (Lipinski definition) is 1. The predicted octanol–water partition coefficient (Wildman–Crippen LogP) is 5.32. The van der Waals surface area contributed by atoms with Gasteiger partial charge in [0.1, 0.15) is 18.2 Å². The third-order valence-corrected chi connectivity index (χ3v) is 4.19. The Labute approximate surface area is 152 Å². The maximum Gasteiger partial charge on any atom is 0.338 e. The van der Waals surface area contributed by atoms with Gasteiger partial charge in [0, 0.05) is 10.0 Å². The molecular weight excluding hydrogens is 387 g/mol. The van der Waals surface area contributed by atoms with Crippen LogP contribution in [-0.4, -0.2) is 11.1 Å². The zero-order valence-electron chi connectivity index (χ0n) is 13.1. The highest BCUT2D eigenvalue weighted by Gasteiger charge is 2.10. The number of hydrogen-bond acceptors (Lipinski definition) is 3. The minimum absolute atomic E-state index is 0.127. The first-order valence-corrected chi connectivity index (χ1v) is 8.33. The van der Waals surface area contributed by atoms with Crippen molar-refractivity contribution >= 4 is 21.9 Å². The van der Waals surface area contributed by atoms with Gasteiger partial charge in [-0.15, -0.1) is 0 Å². The van der Waals surface area contributed by atoms with Crippen molar-refractivity contribution in [3.8, 4) is 16.9 Å². The molecule has 0 atom stereocenters. The average Bonchev–Trinajstić information content (AvgIpc) is 2.61. The monoisotopic (exact) mass is 400 g/mol. The van der Waals surface area contributed by atoms with Crippen molar-refractivity contribution in [3.05, 3.63) is 88.1 Å². The molecule has 5 heteroatoms. The number of benzene rings is 3. The molecule has 3 aromatic rings. The largest absolute Gasteiger partial charge is 0.508 e. The molecule has 126 valence electrons. The summed E-state index contributed by atoms with van der Waals surface area (Å²) in [6.45, 7) is -0.127. The van der Waals surface area contributed by atoms with E-state index in [1.54, 1.807) is 60.7 Å². The van der Waals surface area contributed by atoms with Gasteiger partial charge in [-0.2, -0.15) is 0 Å². The Morgan fingerprint density at radius 3 is 2.16 bits per heavy atom. The van der Waals surface area contributed by atoms with E-state index < -0.39 is 11.8 Å². The van der Waals surface area contributed by atoms with Crippen LogP contribution in [0.5, 0.6) is 5.75 Å². The fraction of sp³-hybridized carbons (Fsp3) is 0.0500. The van der Waals surface area contributed by atoms with E-state index in [2.05, 4.69) is 15.9 Å². The zero-order chi connectivity index (χ0) is 17.8. The molecule has 3 rings (SSSR count). The maximum absolute atomic E-state index is 13.7. The van der Waals surface area contributed by atoms with E-state index in [1.165, 1.54) is 6.07 Å². The Bertz CT molecular complexity index is 890. The van der Waals surface area contributed by atoms with Gasteiger partial charge in [-0.3, -0.25) is 0 Å². The van der Waals surface area contributed by atoms with Gasteiger partial charge in [0.05, 0.1) is 5.56 Å². The van der Waals surface area contributed by atoms with Crippen LogP contribution in [0.1, 0.15) is 15.9 Å². The number of ether oxygens (including phenoxy) is 1. The molecule has 1 N–H and O–H groups in total. The van der Waals surface area contributed by atoms with E-state index in [0.717, 1.165) is 11.1 Å². The van der Waals surface area contributed by atoms with Gasteiger partial charge in [0.15, 0.2) is 0 Å². The summed E-state index contributed by atoms with van der Waals surface area (Å²) in [5.74, 6) is -0.742. The van der Waals surface area contributed by atoms with Crippen molar-refractivity contribution in [3.63, 3.8) is 0 Å². The number of halogens is 2. The normalized spacial score (nSPS) is 10.5. The molecule has 3 nitrogen and oxygen atoms in total. The molecule has 0 aromatic heterocycles. The Hall–Kier alpha value is -2.66. The lowest BCUT2D eigenvalue weighted by molar-refractivity contribution is 0.0469. The lowest BCUT2D eigenvalue weighted by atomic mass is 10.0. The van der Waals surface area contributed by atoms with Crippen molar-refractivity contribution in [1.82, 2.24) is 0 Å². The predicted molar refractivity (Wildman–Crippen MR) is 96.8 cm³/mol. The van der Waals surface area contributed by atoms with Gasteiger partial charge in [-0.1, -0.05) is 46.3 Å². The molecule has 0 radical (unpaired) electrons. The summed E-state index contributed by atoms with van der Waals surface area (Å²) in [7, 11) is 0. The highest BCUT2D eigenvalue weighted by molar-refractivity contribution is 9.10. The summed E-state index contributed by atoms with van der Waals surface area (Å²) in [5, 5.41) is 9.32. The Morgan fingerprint density at radius 1 is 0.960 bits per heavy atom. The number of phenols is 1. The Balaban J connectivity index is 1.67. The SMILES string of the molecule is O=C(OCc1ccc(Br)cc1F)c1ccc(-c2ccc(O)cc2)cc1. The first-order chi connectivity index (χ1) is 12.0. The second kappa shape index (κ2) is 7.49. The second-order valence-corrected chi connectivity index (χ2v) is 6.35. The van der Waals surface area contributed by atoms with Crippen LogP contribution in [-0.2, 0) is 11.3 Å². The molecular formula is C20H14BrFO3. The lowest BCUT2D eigenvalue weighted by Crippen LogP contribution is -2.06. The smallest absolute Gasteiger partial charge is 0.338 e.